The zero-order valence-corrected chi connectivity index (χ0v) is 12.5. The van der Waals surface area contributed by atoms with Gasteiger partial charge in [-0.1, -0.05) is 39.5 Å². The third kappa shape index (κ3) is 4.20. The largest absolute Gasteiger partial charge is 0.393 e. The highest BCUT2D eigenvalue weighted by Gasteiger charge is 2.33. The fraction of sp³-hybridized carbons (Fsp3) is 0.938. The molecule has 19 heavy (non-hydrogen) atoms. The van der Waals surface area contributed by atoms with Crippen LogP contribution < -0.4 is 0 Å². The molecule has 0 aromatic carbocycles. The summed E-state index contributed by atoms with van der Waals surface area (Å²) in [6.07, 6.45) is 8.41. The summed E-state index contributed by atoms with van der Waals surface area (Å²) in [6, 6.07) is 0. The molecule has 1 saturated heterocycles. The van der Waals surface area contributed by atoms with Crippen molar-refractivity contribution in [3.05, 3.63) is 0 Å². The van der Waals surface area contributed by atoms with Crippen molar-refractivity contribution in [2.45, 2.75) is 71.3 Å². The predicted octanol–water partition coefficient (Wildman–Crippen LogP) is 2.97. The van der Waals surface area contributed by atoms with Gasteiger partial charge in [-0.3, -0.25) is 4.79 Å². The molecule has 0 bridgehead atoms. The Morgan fingerprint density at radius 3 is 2.37 bits per heavy atom. The van der Waals surface area contributed by atoms with E-state index in [-0.39, 0.29) is 17.4 Å². The maximum absolute atomic E-state index is 12.7. The van der Waals surface area contributed by atoms with E-state index >= 15 is 0 Å². The normalized spacial score (nSPS) is 29.6. The van der Waals surface area contributed by atoms with Crippen molar-refractivity contribution in [2.24, 2.45) is 11.3 Å². The van der Waals surface area contributed by atoms with E-state index in [4.69, 9.17) is 0 Å². The van der Waals surface area contributed by atoms with Crippen molar-refractivity contribution >= 4 is 5.91 Å². The van der Waals surface area contributed by atoms with E-state index in [0.29, 0.717) is 5.91 Å². The quantitative estimate of drug-likeness (QED) is 0.742. The average molecular weight is 267 g/mol. The lowest BCUT2D eigenvalue weighted by Gasteiger charge is -2.32. The first kappa shape index (κ1) is 14.8. The molecule has 2 aliphatic rings. The Kier molecular flexibility index (Phi) is 4.88. The molecule has 2 rings (SSSR count). The van der Waals surface area contributed by atoms with Crippen LogP contribution in [0.3, 0.4) is 0 Å². The molecule has 1 heterocycles. The van der Waals surface area contributed by atoms with Crippen LogP contribution in [0.5, 0.6) is 0 Å². The molecule has 3 heteroatoms. The summed E-state index contributed by atoms with van der Waals surface area (Å²) in [5, 5.41) is 9.94. The van der Waals surface area contributed by atoms with Gasteiger partial charge < -0.3 is 10.0 Å². The van der Waals surface area contributed by atoms with Crippen LogP contribution in [0.2, 0.25) is 0 Å². The fourth-order valence-corrected chi connectivity index (χ4v) is 3.68. The van der Waals surface area contributed by atoms with Crippen LogP contribution in [0.15, 0.2) is 0 Å². The Balaban J connectivity index is 2.00. The summed E-state index contributed by atoms with van der Waals surface area (Å²) in [6.45, 7) is 5.86. The average Bonchev–Trinajstić information content (AvgIpc) is 2.67. The Hall–Kier alpha value is -0.570. The van der Waals surface area contributed by atoms with E-state index in [1.165, 1.54) is 25.7 Å². The second kappa shape index (κ2) is 6.25. The number of aliphatic hydroxyl groups is 1. The molecule has 1 saturated carbocycles. The lowest BCUT2D eigenvalue weighted by Crippen LogP contribution is -2.41. The number of rotatable bonds is 1. The van der Waals surface area contributed by atoms with E-state index < -0.39 is 0 Å². The van der Waals surface area contributed by atoms with Crippen molar-refractivity contribution in [3.8, 4) is 0 Å². The van der Waals surface area contributed by atoms with Crippen molar-refractivity contribution in [1.82, 2.24) is 4.90 Å². The standard InChI is InChI=1S/C16H29NO2/c1-16(2)11-14(18)9-10-17(12-16)15(19)13-7-5-3-4-6-8-13/h13-14,18H,3-12H2,1-2H3. The van der Waals surface area contributed by atoms with Gasteiger partial charge in [0, 0.05) is 19.0 Å². The fourth-order valence-electron chi connectivity index (χ4n) is 3.68. The number of likely N-dealkylation sites (tertiary alicyclic amines) is 1. The topological polar surface area (TPSA) is 40.5 Å². The smallest absolute Gasteiger partial charge is 0.225 e. The molecule has 0 aromatic heterocycles. The highest BCUT2D eigenvalue weighted by molar-refractivity contribution is 5.79. The number of hydrogen-bond donors (Lipinski definition) is 1. The SMILES string of the molecule is CC1(C)CC(O)CCN(C(=O)C2CCCCCC2)C1. The number of carbonyl (C=O) groups excluding carboxylic acids is 1. The summed E-state index contributed by atoms with van der Waals surface area (Å²) in [5.74, 6) is 0.595. The summed E-state index contributed by atoms with van der Waals surface area (Å²) >= 11 is 0. The van der Waals surface area contributed by atoms with E-state index in [1.807, 2.05) is 4.90 Å². The number of nitrogens with zero attached hydrogens (tertiary/aromatic N) is 1. The van der Waals surface area contributed by atoms with Crippen molar-refractivity contribution < 1.29 is 9.90 Å². The van der Waals surface area contributed by atoms with Gasteiger partial charge in [0.2, 0.25) is 5.91 Å². The highest BCUT2D eigenvalue weighted by atomic mass is 16.3. The minimum absolute atomic E-state index is 0.0380. The minimum atomic E-state index is -0.248. The van der Waals surface area contributed by atoms with Crippen molar-refractivity contribution in [2.75, 3.05) is 13.1 Å². The van der Waals surface area contributed by atoms with E-state index in [2.05, 4.69) is 13.8 Å². The van der Waals surface area contributed by atoms with Gasteiger partial charge in [-0.25, -0.2) is 0 Å². The van der Waals surface area contributed by atoms with Crippen LogP contribution in [-0.2, 0) is 4.79 Å². The second-order valence-corrected chi connectivity index (χ2v) is 7.26. The maximum Gasteiger partial charge on any atom is 0.225 e. The second-order valence-electron chi connectivity index (χ2n) is 7.26. The molecule has 1 aliphatic heterocycles. The van der Waals surface area contributed by atoms with E-state index in [9.17, 15) is 9.90 Å². The maximum atomic E-state index is 12.7. The van der Waals surface area contributed by atoms with Crippen molar-refractivity contribution in [1.29, 1.82) is 0 Å². The van der Waals surface area contributed by atoms with Gasteiger partial charge in [0.05, 0.1) is 6.10 Å². The molecule has 3 nitrogen and oxygen atoms in total. The van der Waals surface area contributed by atoms with Crippen LogP contribution >= 0.6 is 0 Å². The van der Waals surface area contributed by atoms with Crippen LogP contribution in [0.4, 0.5) is 0 Å². The van der Waals surface area contributed by atoms with Gasteiger partial charge in [-0.15, -0.1) is 0 Å². The molecule has 2 fully saturated rings. The zero-order valence-electron chi connectivity index (χ0n) is 12.5. The minimum Gasteiger partial charge on any atom is -0.393 e. The van der Waals surface area contributed by atoms with Crippen LogP contribution in [0.1, 0.15) is 65.2 Å². The Morgan fingerprint density at radius 2 is 1.74 bits per heavy atom. The first-order chi connectivity index (χ1) is 8.98. The number of aliphatic hydroxyl groups excluding tert-OH is 1. The number of carbonyl (C=O) groups is 1. The third-order valence-corrected chi connectivity index (χ3v) is 4.66. The highest BCUT2D eigenvalue weighted by Crippen LogP contribution is 2.31. The van der Waals surface area contributed by atoms with E-state index in [1.54, 1.807) is 0 Å². The van der Waals surface area contributed by atoms with Gasteiger partial charge in [0.25, 0.3) is 0 Å². The lowest BCUT2D eigenvalue weighted by molar-refractivity contribution is -0.137. The molecule has 1 unspecified atom stereocenters. The molecule has 0 aromatic rings. The van der Waals surface area contributed by atoms with Crippen LogP contribution in [-0.4, -0.2) is 35.1 Å². The molecular formula is C16H29NO2. The van der Waals surface area contributed by atoms with Gasteiger partial charge in [-0.2, -0.15) is 0 Å². The van der Waals surface area contributed by atoms with Crippen LogP contribution in [0.25, 0.3) is 0 Å². The van der Waals surface area contributed by atoms with Gasteiger partial charge >= 0.3 is 0 Å². The molecule has 1 aliphatic carbocycles. The summed E-state index contributed by atoms with van der Waals surface area (Å²) in [4.78, 5) is 14.7. The number of amides is 1. The monoisotopic (exact) mass is 267 g/mol. The predicted molar refractivity (Wildman–Crippen MR) is 76.8 cm³/mol. The van der Waals surface area contributed by atoms with Gasteiger partial charge in [-0.05, 0) is 31.1 Å². The Bertz CT molecular complexity index is 306. The summed E-state index contributed by atoms with van der Waals surface area (Å²) in [5.41, 5.74) is 0.0380. The van der Waals surface area contributed by atoms with Gasteiger partial charge in [0.15, 0.2) is 0 Å². The molecular weight excluding hydrogens is 238 g/mol. The van der Waals surface area contributed by atoms with Gasteiger partial charge in [0.1, 0.15) is 0 Å². The first-order valence-electron chi connectivity index (χ1n) is 7.95. The summed E-state index contributed by atoms with van der Waals surface area (Å²) in [7, 11) is 0. The Morgan fingerprint density at radius 1 is 1.11 bits per heavy atom. The molecule has 110 valence electrons. The molecule has 1 amide bonds. The molecule has 1 atom stereocenters. The van der Waals surface area contributed by atoms with E-state index in [0.717, 1.165) is 38.8 Å². The number of hydrogen-bond acceptors (Lipinski definition) is 2. The lowest BCUT2D eigenvalue weighted by atomic mass is 9.86. The zero-order chi connectivity index (χ0) is 13.9. The third-order valence-electron chi connectivity index (χ3n) is 4.66. The Labute approximate surface area is 117 Å². The molecule has 0 spiro atoms. The first-order valence-corrected chi connectivity index (χ1v) is 7.95. The van der Waals surface area contributed by atoms with Crippen LogP contribution in [0, 0.1) is 11.3 Å². The molecule has 0 radical (unpaired) electrons. The summed E-state index contributed by atoms with van der Waals surface area (Å²) < 4.78 is 0. The van der Waals surface area contributed by atoms with Crippen molar-refractivity contribution in [3.63, 3.8) is 0 Å². The molecule has 1 N–H and O–H groups in total.